The molecule has 21 heavy (non-hydrogen) atoms. The van der Waals surface area contributed by atoms with Crippen LogP contribution >= 0.6 is 39.1 Å². The van der Waals surface area contributed by atoms with Crippen LogP contribution in [0.2, 0.25) is 10.0 Å². The van der Waals surface area contributed by atoms with E-state index in [1.165, 1.54) is 5.39 Å². The maximum absolute atomic E-state index is 6.21. The van der Waals surface area contributed by atoms with E-state index >= 15 is 0 Å². The lowest BCUT2D eigenvalue weighted by Gasteiger charge is -2.13. The highest BCUT2D eigenvalue weighted by Gasteiger charge is 2.07. The Morgan fingerprint density at radius 1 is 0.810 bits per heavy atom. The molecule has 0 unspecified atom stereocenters. The van der Waals surface area contributed by atoms with E-state index < -0.39 is 0 Å². The molecule has 0 aliphatic heterocycles. The van der Waals surface area contributed by atoms with Crippen LogP contribution in [0.4, 0.5) is 5.69 Å². The van der Waals surface area contributed by atoms with Gasteiger partial charge < -0.3 is 5.32 Å². The molecule has 0 amide bonds. The van der Waals surface area contributed by atoms with Crippen LogP contribution in [0.25, 0.3) is 10.8 Å². The lowest BCUT2D eigenvalue weighted by molar-refractivity contribution is 1.15. The Kier molecular flexibility index (Phi) is 4.39. The predicted octanol–water partition coefficient (Wildman–Crippen LogP) is 6.52. The van der Waals surface area contributed by atoms with Gasteiger partial charge in [0.15, 0.2) is 0 Å². The topological polar surface area (TPSA) is 12.0 Å². The third-order valence-corrected chi connectivity index (χ3v) is 4.79. The van der Waals surface area contributed by atoms with E-state index in [1.807, 2.05) is 36.4 Å². The molecule has 0 aliphatic rings. The third kappa shape index (κ3) is 3.03. The summed E-state index contributed by atoms with van der Waals surface area (Å²) in [5.74, 6) is 0. The second-order valence-electron chi connectivity index (χ2n) is 4.69. The third-order valence-electron chi connectivity index (χ3n) is 3.39. The van der Waals surface area contributed by atoms with Crippen molar-refractivity contribution in [3.05, 3.63) is 74.7 Å². The SMILES string of the molecule is Clc1cccc(Cl)c1CNc1ccc(Br)c2ccccc12. The summed E-state index contributed by atoms with van der Waals surface area (Å²) in [6.07, 6.45) is 0. The van der Waals surface area contributed by atoms with Crippen molar-refractivity contribution >= 4 is 55.6 Å². The van der Waals surface area contributed by atoms with Gasteiger partial charge >= 0.3 is 0 Å². The predicted molar refractivity (Wildman–Crippen MR) is 95.4 cm³/mol. The van der Waals surface area contributed by atoms with Crippen LogP contribution in [-0.2, 0) is 6.54 Å². The van der Waals surface area contributed by atoms with Crippen molar-refractivity contribution < 1.29 is 0 Å². The van der Waals surface area contributed by atoms with Crippen molar-refractivity contribution in [3.8, 4) is 0 Å². The van der Waals surface area contributed by atoms with Crippen LogP contribution < -0.4 is 5.32 Å². The van der Waals surface area contributed by atoms with Gasteiger partial charge in [-0.25, -0.2) is 0 Å². The number of anilines is 1. The molecule has 0 aliphatic carbocycles. The molecule has 0 aromatic heterocycles. The molecule has 1 N–H and O–H groups in total. The molecule has 0 spiro atoms. The van der Waals surface area contributed by atoms with Gasteiger partial charge in [-0.3, -0.25) is 0 Å². The normalized spacial score (nSPS) is 10.8. The number of hydrogen-bond acceptors (Lipinski definition) is 1. The van der Waals surface area contributed by atoms with E-state index in [0.717, 1.165) is 21.1 Å². The van der Waals surface area contributed by atoms with Crippen LogP contribution in [0.3, 0.4) is 0 Å². The monoisotopic (exact) mass is 379 g/mol. The van der Waals surface area contributed by atoms with Crippen LogP contribution in [0.1, 0.15) is 5.56 Å². The lowest BCUT2D eigenvalue weighted by Crippen LogP contribution is -2.01. The van der Waals surface area contributed by atoms with E-state index in [-0.39, 0.29) is 0 Å². The summed E-state index contributed by atoms with van der Waals surface area (Å²) in [4.78, 5) is 0. The van der Waals surface area contributed by atoms with E-state index in [0.29, 0.717) is 16.6 Å². The van der Waals surface area contributed by atoms with Gasteiger partial charge in [0.25, 0.3) is 0 Å². The molecule has 0 radical (unpaired) electrons. The van der Waals surface area contributed by atoms with Crippen LogP contribution in [0.15, 0.2) is 59.1 Å². The minimum Gasteiger partial charge on any atom is -0.380 e. The van der Waals surface area contributed by atoms with Crippen molar-refractivity contribution in [1.82, 2.24) is 0 Å². The second-order valence-corrected chi connectivity index (χ2v) is 6.36. The Balaban J connectivity index is 1.94. The summed E-state index contributed by atoms with van der Waals surface area (Å²) >= 11 is 16.0. The summed E-state index contributed by atoms with van der Waals surface area (Å²) < 4.78 is 1.08. The Morgan fingerprint density at radius 2 is 1.48 bits per heavy atom. The van der Waals surface area contributed by atoms with Crippen LogP contribution in [-0.4, -0.2) is 0 Å². The van der Waals surface area contributed by atoms with Gasteiger partial charge in [-0.2, -0.15) is 0 Å². The van der Waals surface area contributed by atoms with Gasteiger partial charge in [0.2, 0.25) is 0 Å². The van der Waals surface area contributed by atoms with Crippen molar-refractivity contribution in [2.75, 3.05) is 5.32 Å². The maximum Gasteiger partial charge on any atom is 0.0470 e. The molecule has 0 bridgehead atoms. The molecule has 1 nitrogen and oxygen atoms in total. The summed E-state index contributed by atoms with van der Waals surface area (Å²) in [7, 11) is 0. The van der Waals surface area contributed by atoms with E-state index in [4.69, 9.17) is 23.2 Å². The Bertz CT molecular complexity index is 782. The molecule has 0 atom stereocenters. The Labute approximate surface area is 142 Å². The van der Waals surface area contributed by atoms with E-state index in [1.54, 1.807) is 0 Å². The average Bonchev–Trinajstić information content (AvgIpc) is 2.49. The molecule has 0 heterocycles. The summed E-state index contributed by atoms with van der Waals surface area (Å²) in [5, 5.41) is 7.11. The first-order valence-corrected chi connectivity index (χ1v) is 8.06. The van der Waals surface area contributed by atoms with Crippen LogP contribution in [0, 0.1) is 0 Å². The largest absolute Gasteiger partial charge is 0.380 e. The van der Waals surface area contributed by atoms with Gasteiger partial charge in [-0.15, -0.1) is 0 Å². The van der Waals surface area contributed by atoms with Crippen molar-refractivity contribution in [1.29, 1.82) is 0 Å². The summed E-state index contributed by atoms with van der Waals surface area (Å²) in [6, 6.07) is 17.9. The quantitative estimate of drug-likeness (QED) is 0.545. The highest BCUT2D eigenvalue weighted by molar-refractivity contribution is 9.10. The first-order chi connectivity index (χ1) is 10.2. The number of hydrogen-bond donors (Lipinski definition) is 1. The Morgan fingerprint density at radius 3 is 2.19 bits per heavy atom. The van der Waals surface area contributed by atoms with Crippen molar-refractivity contribution in [3.63, 3.8) is 0 Å². The van der Waals surface area contributed by atoms with Gasteiger partial charge in [-0.1, -0.05) is 69.5 Å². The zero-order chi connectivity index (χ0) is 14.8. The zero-order valence-corrected chi connectivity index (χ0v) is 14.1. The molecular weight excluding hydrogens is 369 g/mol. The number of fused-ring (bicyclic) bond motifs is 1. The molecule has 4 heteroatoms. The average molecular weight is 381 g/mol. The van der Waals surface area contributed by atoms with Crippen molar-refractivity contribution in [2.45, 2.75) is 6.54 Å². The van der Waals surface area contributed by atoms with E-state index in [2.05, 4.69) is 39.4 Å². The van der Waals surface area contributed by atoms with Gasteiger partial charge in [0, 0.05) is 37.7 Å². The maximum atomic E-state index is 6.21. The number of rotatable bonds is 3. The standard InChI is InChI=1S/C17H12BrCl2N/c18-14-8-9-17(12-5-2-1-4-11(12)14)21-10-13-15(19)6-3-7-16(13)20/h1-9,21H,10H2. The van der Waals surface area contributed by atoms with Gasteiger partial charge in [-0.05, 0) is 29.7 Å². The Hall–Kier alpha value is -1.22. The molecule has 0 saturated carbocycles. The lowest BCUT2D eigenvalue weighted by atomic mass is 10.1. The highest BCUT2D eigenvalue weighted by Crippen LogP contribution is 2.31. The molecule has 0 fully saturated rings. The fourth-order valence-electron chi connectivity index (χ4n) is 2.30. The van der Waals surface area contributed by atoms with Crippen molar-refractivity contribution in [2.24, 2.45) is 0 Å². The number of halogens is 3. The van der Waals surface area contributed by atoms with Gasteiger partial charge in [0.05, 0.1) is 0 Å². The summed E-state index contributed by atoms with van der Waals surface area (Å²) in [5.41, 5.74) is 1.97. The fourth-order valence-corrected chi connectivity index (χ4v) is 3.31. The highest BCUT2D eigenvalue weighted by atomic mass is 79.9. The summed E-state index contributed by atoms with van der Waals surface area (Å²) in [6.45, 7) is 0.587. The van der Waals surface area contributed by atoms with Crippen LogP contribution in [0.5, 0.6) is 0 Å². The van der Waals surface area contributed by atoms with E-state index in [9.17, 15) is 0 Å². The second kappa shape index (κ2) is 6.27. The molecular formula is C17H12BrCl2N. The molecule has 3 aromatic rings. The first-order valence-electron chi connectivity index (χ1n) is 6.51. The smallest absolute Gasteiger partial charge is 0.0470 e. The molecule has 106 valence electrons. The number of nitrogens with one attached hydrogen (secondary N) is 1. The minimum absolute atomic E-state index is 0.587. The van der Waals surface area contributed by atoms with Gasteiger partial charge in [0.1, 0.15) is 0 Å². The minimum atomic E-state index is 0.587. The zero-order valence-electron chi connectivity index (χ0n) is 11.0. The number of benzene rings is 3. The molecule has 0 saturated heterocycles. The fraction of sp³-hybridized carbons (Fsp3) is 0.0588. The first kappa shape index (κ1) is 14.7. The molecule has 3 rings (SSSR count). The molecule has 3 aromatic carbocycles.